The van der Waals surface area contributed by atoms with E-state index in [1.807, 2.05) is 36.0 Å². The van der Waals surface area contributed by atoms with Crippen molar-refractivity contribution < 1.29 is 5.11 Å². The normalized spacial score (nSPS) is 14.3. The highest BCUT2D eigenvalue weighted by molar-refractivity contribution is 14.1. The minimum absolute atomic E-state index is 0.140. The maximum atomic E-state index is 9.99. The molecule has 0 radical (unpaired) electrons. The van der Waals surface area contributed by atoms with Crippen LogP contribution >= 0.6 is 34.4 Å². The lowest BCUT2D eigenvalue weighted by atomic mass is 10.1. The Morgan fingerprint density at radius 1 is 1.17 bits per heavy atom. The lowest BCUT2D eigenvalue weighted by Crippen LogP contribution is -2.08. The molecule has 0 spiro atoms. The van der Waals surface area contributed by atoms with Crippen LogP contribution in [0.1, 0.15) is 11.3 Å². The maximum Gasteiger partial charge on any atom is 0.218 e. The van der Waals surface area contributed by atoms with Gasteiger partial charge in [-0.1, -0.05) is 12.1 Å². The van der Waals surface area contributed by atoms with Gasteiger partial charge < -0.3 is 5.11 Å². The van der Waals surface area contributed by atoms with E-state index in [0.29, 0.717) is 5.82 Å². The monoisotopic (exact) mass is 370 g/mol. The number of thioether (sulfide) groups is 1. The molecular formula is C13H11IN2OS. The number of aromatic hydroxyl groups is 1. The largest absolute Gasteiger partial charge is 0.493 e. The third kappa shape index (κ3) is 2.33. The van der Waals surface area contributed by atoms with E-state index in [1.54, 1.807) is 0 Å². The van der Waals surface area contributed by atoms with Gasteiger partial charge in [0.25, 0.3) is 0 Å². The van der Waals surface area contributed by atoms with Crippen LogP contribution in [0.4, 0.5) is 0 Å². The van der Waals surface area contributed by atoms with Crippen LogP contribution in [0.2, 0.25) is 0 Å². The molecule has 0 saturated heterocycles. The van der Waals surface area contributed by atoms with Gasteiger partial charge in [-0.25, -0.2) is 4.98 Å². The molecule has 5 heteroatoms. The Hall–Kier alpha value is -0.820. The second-order valence-corrected chi connectivity index (χ2v) is 6.46. The first kappa shape index (κ1) is 12.2. The van der Waals surface area contributed by atoms with E-state index < -0.39 is 0 Å². The standard InChI is InChI=1S/C13H11IN2OS/c14-9-3-1-8(2-4-9)12-15-11-5-6-18-7-10(11)13(17)16-12/h1-4H,5-7H2,(H,15,16,17). The second kappa shape index (κ2) is 5.05. The summed E-state index contributed by atoms with van der Waals surface area (Å²) < 4.78 is 1.18. The van der Waals surface area contributed by atoms with Crippen LogP contribution in [-0.4, -0.2) is 20.8 Å². The molecule has 0 fully saturated rings. The predicted octanol–water partition coefficient (Wildman–Crippen LogP) is 3.24. The van der Waals surface area contributed by atoms with Crippen LogP contribution in [-0.2, 0) is 12.2 Å². The highest BCUT2D eigenvalue weighted by Gasteiger charge is 2.18. The minimum Gasteiger partial charge on any atom is -0.493 e. The van der Waals surface area contributed by atoms with Crippen LogP contribution < -0.4 is 0 Å². The number of benzene rings is 1. The van der Waals surface area contributed by atoms with Gasteiger partial charge >= 0.3 is 0 Å². The molecule has 1 aliphatic rings. The number of nitrogens with zero attached hydrogens (tertiary/aromatic N) is 2. The van der Waals surface area contributed by atoms with E-state index in [2.05, 4.69) is 32.6 Å². The minimum atomic E-state index is 0.140. The van der Waals surface area contributed by atoms with Gasteiger partial charge in [0.15, 0.2) is 5.82 Å². The van der Waals surface area contributed by atoms with Crippen molar-refractivity contribution in [2.24, 2.45) is 0 Å². The van der Waals surface area contributed by atoms with Crippen molar-refractivity contribution in [2.75, 3.05) is 5.75 Å². The summed E-state index contributed by atoms with van der Waals surface area (Å²) in [6.45, 7) is 0. The molecule has 18 heavy (non-hydrogen) atoms. The number of hydrogen-bond donors (Lipinski definition) is 1. The molecule has 2 heterocycles. The van der Waals surface area contributed by atoms with Crippen LogP contribution in [0.25, 0.3) is 11.4 Å². The number of aromatic nitrogens is 2. The summed E-state index contributed by atoms with van der Waals surface area (Å²) in [5, 5.41) is 9.99. The fourth-order valence-corrected chi connectivity index (χ4v) is 3.28. The number of rotatable bonds is 1. The maximum absolute atomic E-state index is 9.99. The zero-order chi connectivity index (χ0) is 12.5. The van der Waals surface area contributed by atoms with Crippen LogP contribution in [0, 0.1) is 3.57 Å². The van der Waals surface area contributed by atoms with Gasteiger partial charge in [0.05, 0.1) is 5.69 Å². The Balaban J connectivity index is 2.08. The Morgan fingerprint density at radius 3 is 2.72 bits per heavy atom. The smallest absolute Gasteiger partial charge is 0.218 e. The Kier molecular flexibility index (Phi) is 3.43. The summed E-state index contributed by atoms with van der Waals surface area (Å²) in [4.78, 5) is 8.80. The van der Waals surface area contributed by atoms with Crippen LogP contribution in [0.3, 0.4) is 0 Å². The third-order valence-corrected chi connectivity index (χ3v) is 4.61. The van der Waals surface area contributed by atoms with Gasteiger partial charge in [-0.2, -0.15) is 16.7 Å². The SMILES string of the molecule is Oc1nc(-c2ccc(I)cc2)nc2c1CSCC2. The number of halogens is 1. The molecule has 3 rings (SSSR count). The molecule has 92 valence electrons. The Labute approximate surface area is 123 Å². The number of aryl methyl sites for hydroxylation is 1. The molecule has 3 nitrogen and oxygen atoms in total. The summed E-state index contributed by atoms with van der Waals surface area (Å²) in [6.07, 6.45) is 0.910. The van der Waals surface area contributed by atoms with Gasteiger partial charge in [-0.05, 0) is 46.9 Å². The predicted molar refractivity (Wildman–Crippen MR) is 81.7 cm³/mol. The summed E-state index contributed by atoms with van der Waals surface area (Å²) >= 11 is 4.08. The van der Waals surface area contributed by atoms with E-state index in [-0.39, 0.29) is 5.88 Å². The van der Waals surface area contributed by atoms with Crippen LogP contribution in [0.15, 0.2) is 24.3 Å². The van der Waals surface area contributed by atoms with Gasteiger partial charge in [0.1, 0.15) is 0 Å². The fraction of sp³-hybridized carbons (Fsp3) is 0.231. The molecular weight excluding hydrogens is 359 g/mol. The first-order valence-electron chi connectivity index (χ1n) is 5.66. The topological polar surface area (TPSA) is 46.0 Å². The molecule has 0 atom stereocenters. The summed E-state index contributed by atoms with van der Waals surface area (Å²) in [5.74, 6) is 2.64. The van der Waals surface area contributed by atoms with E-state index in [1.165, 1.54) is 3.57 Å². The van der Waals surface area contributed by atoms with Crippen molar-refractivity contribution in [1.82, 2.24) is 9.97 Å². The van der Waals surface area contributed by atoms with E-state index >= 15 is 0 Å². The molecule has 0 amide bonds. The van der Waals surface area contributed by atoms with Gasteiger partial charge in [-0.15, -0.1) is 0 Å². The molecule has 1 aromatic heterocycles. The number of hydrogen-bond acceptors (Lipinski definition) is 4. The molecule has 1 N–H and O–H groups in total. The lowest BCUT2D eigenvalue weighted by Gasteiger charge is -2.16. The molecule has 1 aliphatic heterocycles. The van der Waals surface area contributed by atoms with Crippen molar-refractivity contribution in [1.29, 1.82) is 0 Å². The highest BCUT2D eigenvalue weighted by Crippen LogP contribution is 2.31. The quantitative estimate of drug-likeness (QED) is 0.783. The van der Waals surface area contributed by atoms with Gasteiger partial charge in [0.2, 0.25) is 5.88 Å². The van der Waals surface area contributed by atoms with Crippen molar-refractivity contribution in [2.45, 2.75) is 12.2 Å². The average Bonchev–Trinajstić information content (AvgIpc) is 2.39. The van der Waals surface area contributed by atoms with E-state index in [4.69, 9.17) is 0 Å². The molecule has 1 aromatic carbocycles. The first-order chi connectivity index (χ1) is 8.74. The van der Waals surface area contributed by atoms with Crippen molar-refractivity contribution in [3.8, 4) is 17.3 Å². The molecule has 0 unspecified atom stereocenters. The van der Waals surface area contributed by atoms with Crippen molar-refractivity contribution >= 4 is 34.4 Å². The zero-order valence-corrected chi connectivity index (χ0v) is 12.5. The van der Waals surface area contributed by atoms with Gasteiger partial charge in [0, 0.05) is 20.4 Å². The molecule has 0 saturated carbocycles. The summed E-state index contributed by atoms with van der Waals surface area (Å²) in [7, 11) is 0. The first-order valence-corrected chi connectivity index (χ1v) is 7.90. The fourth-order valence-electron chi connectivity index (χ4n) is 1.94. The second-order valence-electron chi connectivity index (χ2n) is 4.11. The highest BCUT2D eigenvalue weighted by atomic mass is 127. The average molecular weight is 370 g/mol. The zero-order valence-electron chi connectivity index (χ0n) is 9.56. The van der Waals surface area contributed by atoms with Crippen molar-refractivity contribution in [3.63, 3.8) is 0 Å². The van der Waals surface area contributed by atoms with E-state index in [9.17, 15) is 5.11 Å². The van der Waals surface area contributed by atoms with Crippen LogP contribution in [0.5, 0.6) is 5.88 Å². The van der Waals surface area contributed by atoms with E-state index in [0.717, 1.165) is 34.7 Å². The van der Waals surface area contributed by atoms with Crippen molar-refractivity contribution in [3.05, 3.63) is 39.1 Å². The Bertz CT molecular complexity index is 586. The summed E-state index contributed by atoms with van der Waals surface area (Å²) in [5.41, 5.74) is 2.85. The molecule has 2 aromatic rings. The third-order valence-electron chi connectivity index (χ3n) is 2.90. The molecule has 0 aliphatic carbocycles. The Morgan fingerprint density at radius 2 is 1.94 bits per heavy atom. The van der Waals surface area contributed by atoms with Gasteiger partial charge in [-0.3, -0.25) is 0 Å². The molecule has 0 bridgehead atoms. The number of fused-ring (bicyclic) bond motifs is 1. The summed E-state index contributed by atoms with van der Waals surface area (Å²) in [6, 6.07) is 8.01. The lowest BCUT2D eigenvalue weighted by molar-refractivity contribution is 0.446.